The van der Waals surface area contributed by atoms with Gasteiger partial charge in [0.25, 0.3) is 0 Å². The van der Waals surface area contributed by atoms with E-state index in [9.17, 15) is 45.6 Å². The second kappa shape index (κ2) is 70.2. The van der Waals surface area contributed by atoms with Gasteiger partial charge in [0.05, 0.1) is 32.0 Å². The summed E-state index contributed by atoms with van der Waals surface area (Å²) in [7, 11) is 0. The van der Waals surface area contributed by atoms with Gasteiger partial charge in [-0.25, -0.2) is 0 Å². The van der Waals surface area contributed by atoms with Gasteiger partial charge in [0.2, 0.25) is 5.91 Å². The van der Waals surface area contributed by atoms with Gasteiger partial charge in [-0.2, -0.15) is 0 Å². The predicted octanol–water partition coefficient (Wildman–Crippen LogP) is 19.9. The van der Waals surface area contributed by atoms with Crippen LogP contribution in [0.2, 0.25) is 0 Å². The minimum absolute atomic E-state index is 0.203. The molecular formula is C87H157NO13. The first kappa shape index (κ1) is 94.3. The molecule has 12 atom stereocenters. The monoisotopic (exact) mass is 1420 g/mol. The highest BCUT2D eigenvalue weighted by Crippen LogP contribution is 2.30. The minimum Gasteiger partial charge on any atom is -0.394 e. The zero-order valence-electron chi connectivity index (χ0n) is 64.6. The third-order valence-corrected chi connectivity index (χ3v) is 20.4. The van der Waals surface area contributed by atoms with Crippen LogP contribution in [0.4, 0.5) is 0 Å². The average molecular weight is 1430 g/mol. The molecule has 2 fully saturated rings. The summed E-state index contributed by atoms with van der Waals surface area (Å²) < 4.78 is 23.0. The highest BCUT2D eigenvalue weighted by atomic mass is 16.7. The highest BCUT2D eigenvalue weighted by molar-refractivity contribution is 5.76. The van der Waals surface area contributed by atoms with Gasteiger partial charge in [0.15, 0.2) is 12.6 Å². The number of unbranched alkanes of at least 4 members (excludes halogenated alkanes) is 44. The van der Waals surface area contributed by atoms with Gasteiger partial charge in [0, 0.05) is 6.42 Å². The van der Waals surface area contributed by atoms with Crippen LogP contribution in [0.1, 0.15) is 367 Å². The van der Waals surface area contributed by atoms with Crippen molar-refractivity contribution in [2.75, 3.05) is 19.8 Å². The molecule has 0 aromatic heterocycles. The Bertz CT molecular complexity index is 2020. The first-order chi connectivity index (χ1) is 49.6. The van der Waals surface area contributed by atoms with Crippen LogP contribution in [-0.4, -0.2) is 140 Å². The number of aliphatic hydroxyl groups is 8. The molecule has 0 saturated carbocycles. The average Bonchev–Trinajstić information content (AvgIpc) is 0.792. The van der Waals surface area contributed by atoms with E-state index in [0.29, 0.717) is 12.8 Å². The van der Waals surface area contributed by atoms with Crippen molar-refractivity contribution in [3.63, 3.8) is 0 Å². The highest BCUT2D eigenvalue weighted by Gasteiger charge is 2.51. The lowest BCUT2D eigenvalue weighted by Crippen LogP contribution is -2.65. The van der Waals surface area contributed by atoms with Crippen LogP contribution in [-0.2, 0) is 23.7 Å². The summed E-state index contributed by atoms with van der Waals surface area (Å²) in [6.07, 6.45) is 82.0. The summed E-state index contributed by atoms with van der Waals surface area (Å²) in [4.78, 5) is 13.4. The molecule has 1 amide bonds. The lowest BCUT2D eigenvalue weighted by atomic mass is 9.97. The van der Waals surface area contributed by atoms with Gasteiger partial charge in [-0.1, -0.05) is 375 Å². The Hall–Kier alpha value is -2.83. The van der Waals surface area contributed by atoms with E-state index in [1.807, 2.05) is 0 Å². The summed E-state index contributed by atoms with van der Waals surface area (Å²) in [6.45, 7) is 2.80. The summed E-state index contributed by atoms with van der Waals surface area (Å²) in [5.74, 6) is -0.203. The topological polar surface area (TPSA) is 228 Å². The first-order valence-electron chi connectivity index (χ1n) is 42.3. The summed E-state index contributed by atoms with van der Waals surface area (Å²) in [6, 6.07) is -0.835. The Morgan fingerprint density at radius 3 is 1.05 bits per heavy atom. The van der Waals surface area contributed by atoms with Gasteiger partial charge >= 0.3 is 0 Å². The fourth-order valence-corrected chi connectivity index (χ4v) is 13.8. The van der Waals surface area contributed by atoms with Crippen LogP contribution < -0.4 is 5.32 Å². The molecule has 588 valence electrons. The molecular weight excluding hydrogens is 1270 g/mol. The van der Waals surface area contributed by atoms with Crippen LogP contribution in [0.25, 0.3) is 0 Å². The Morgan fingerprint density at radius 1 is 0.366 bits per heavy atom. The number of aliphatic hydroxyl groups excluding tert-OH is 8. The number of hydrogen-bond acceptors (Lipinski definition) is 13. The van der Waals surface area contributed by atoms with Gasteiger partial charge < -0.3 is 65.1 Å². The number of rotatable bonds is 71. The van der Waals surface area contributed by atoms with Gasteiger partial charge in [-0.3, -0.25) is 4.79 Å². The van der Waals surface area contributed by atoms with E-state index >= 15 is 0 Å². The molecule has 2 aliphatic heterocycles. The maximum atomic E-state index is 13.4. The molecule has 9 N–H and O–H groups in total. The molecule has 0 aliphatic carbocycles. The van der Waals surface area contributed by atoms with Crippen molar-refractivity contribution in [3.8, 4) is 0 Å². The Kier molecular flexibility index (Phi) is 65.5. The van der Waals surface area contributed by atoms with Crippen LogP contribution in [0.15, 0.2) is 85.1 Å². The minimum atomic E-state index is -1.79. The first-order valence-corrected chi connectivity index (χ1v) is 42.3. The van der Waals surface area contributed by atoms with Crippen LogP contribution in [0.5, 0.6) is 0 Å². The van der Waals surface area contributed by atoms with E-state index in [-0.39, 0.29) is 12.5 Å². The molecule has 2 heterocycles. The van der Waals surface area contributed by atoms with E-state index < -0.39 is 86.8 Å². The normalized spacial score (nSPS) is 22.2. The lowest BCUT2D eigenvalue weighted by Gasteiger charge is -2.46. The third-order valence-electron chi connectivity index (χ3n) is 20.4. The Balaban J connectivity index is 1.59. The molecule has 0 spiro atoms. The SMILES string of the molecule is CC/C=C\C/C=C\C/C=C\C/C=C\C/C=C\C/C=C\C/C=C\CCCCCCCCCCCCCCCCCC(=O)NC(COC1OC(CO)C(OC2OC(CO)C(O)C(O)C2O)C(O)C1O)C(O)CCCCCCCCCCCCCCCCCCCCCCCCCCCCCCCC. The largest absolute Gasteiger partial charge is 0.394 e. The van der Waals surface area contributed by atoms with Gasteiger partial charge in [0.1, 0.15) is 48.8 Å². The standard InChI is InChI=1S/C87H157NO13/c1-3-5-7-9-11-13-15-17-19-21-23-25-27-29-31-33-35-36-37-38-39-40-41-43-45-47-49-51-53-55-57-59-61-63-65-67-69-71-79(92)88-75(74-98-86-84(97)82(95)85(78(73-90)100-86)101-87-83(96)81(94)80(93)77(72-89)99-87)76(91)70-68-66-64-62-60-58-56-54-52-50-48-46-44-42-34-32-30-28-26-24-22-20-18-16-14-12-10-8-6-4-2/h5,7,11,13,17,19,23,25,29,31,35-36,38-39,75-78,80-87,89-91,93-97H,3-4,6,8-10,12,14-16,18,20-22,24,26-28,30,32-34,37,40-74H2,1-2H3,(H,88,92)/b7-5-,13-11-,19-17-,25-23-,31-29-,36-35-,39-38-. The smallest absolute Gasteiger partial charge is 0.220 e. The number of carbonyl (C=O) groups excluding carboxylic acids is 1. The predicted molar refractivity (Wildman–Crippen MR) is 420 cm³/mol. The van der Waals surface area contributed by atoms with Gasteiger partial charge in [-0.15, -0.1) is 0 Å². The van der Waals surface area contributed by atoms with Crippen molar-refractivity contribution in [1.82, 2.24) is 5.32 Å². The van der Waals surface area contributed by atoms with Crippen LogP contribution in [0, 0.1) is 0 Å². The van der Waals surface area contributed by atoms with Crippen molar-refractivity contribution < 1.29 is 64.6 Å². The Labute approximate surface area is 618 Å². The summed E-state index contributed by atoms with van der Waals surface area (Å²) in [5, 5.41) is 88.0. The summed E-state index contributed by atoms with van der Waals surface area (Å²) in [5.41, 5.74) is 0. The molecule has 2 rings (SSSR count). The zero-order valence-corrected chi connectivity index (χ0v) is 64.6. The van der Waals surface area contributed by atoms with E-state index in [2.05, 4.69) is 104 Å². The molecule has 12 unspecified atom stereocenters. The van der Waals surface area contributed by atoms with Crippen LogP contribution >= 0.6 is 0 Å². The molecule has 2 saturated heterocycles. The molecule has 14 nitrogen and oxygen atoms in total. The quantitative estimate of drug-likeness (QED) is 0.0204. The van der Waals surface area contributed by atoms with E-state index in [0.717, 1.165) is 96.3 Å². The van der Waals surface area contributed by atoms with Gasteiger partial charge in [-0.05, 0) is 70.6 Å². The van der Waals surface area contributed by atoms with Crippen molar-refractivity contribution in [2.24, 2.45) is 0 Å². The molecule has 2 aliphatic rings. The van der Waals surface area contributed by atoms with Crippen molar-refractivity contribution in [1.29, 1.82) is 0 Å². The van der Waals surface area contributed by atoms with Crippen molar-refractivity contribution >= 4 is 5.91 Å². The number of carbonyl (C=O) groups is 1. The number of ether oxygens (including phenoxy) is 4. The Morgan fingerprint density at radius 2 is 0.683 bits per heavy atom. The third kappa shape index (κ3) is 52.7. The molecule has 0 radical (unpaired) electrons. The van der Waals surface area contributed by atoms with E-state index in [4.69, 9.17) is 18.9 Å². The second-order valence-electron chi connectivity index (χ2n) is 29.6. The summed E-state index contributed by atoms with van der Waals surface area (Å²) >= 11 is 0. The molecule has 101 heavy (non-hydrogen) atoms. The maximum absolute atomic E-state index is 13.4. The number of allylic oxidation sites excluding steroid dienone is 14. The van der Waals surface area contributed by atoms with Crippen LogP contribution in [0.3, 0.4) is 0 Å². The second-order valence-corrected chi connectivity index (χ2v) is 29.6. The maximum Gasteiger partial charge on any atom is 0.220 e. The zero-order chi connectivity index (χ0) is 73.0. The molecule has 14 heteroatoms. The van der Waals surface area contributed by atoms with Crippen molar-refractivity contribution in [3.05, 3.63) is 85.1 Å². The number of hydrogen-bond donors (Lipinski definition) is 9. The van der Waals surface area contributed by atoms with E-state index in [1.54, 1.807) is 0 Å². The number of nitrogens with one attached hydrogen (secondary N) is 1. The molecule has 0 aromatic carbocycles. The fourth-order valence-electron chi connectivity index (χ4n) is 13.8. The molecule has 0 bridgehead atoms. The lowest BCUT2D eigenvalue weighted by molar-refractivity contribution is -0.359. The van der Waals surface area contributed by atoms with Crippen molar-refractivity contribution in [2.45, 2.75) is 441 Å². The fraction of sp³-hybridized carbons (Fsp3) is 0.828. The van der Waals surface area contributed by atoms with E-state index in [1.165, 1.54) is 244 Å². The number of amides is 1. The molecule has 0 aromatic rings.